The molecule has 0 N–H and O–H groups in total. The molecule has 6 nitrogen and oxygen atoms in total. The van der Waals surface area contributed by atoms with E-state index in [1.165, 1.54) is 0 Å². The molecule has 0 spiro atoms. The number of ether oxygens (including phenoxy) is 2. The molecular weight excluding hydrogens is 416 g/mol. The van der Waals surface area contributed by atoms with Gasteiger partial charge in [-0.3, -0.25) is 9.59 Å². The smallest absolute Gasteiger partial charge is 0.290 e. The van der Waals surface area contributed by atoms with Crippen LogP contribution >= 0.6 is 0 Å². The molecule has 6 heteroatoms. The standard InChI is InChI=1S/C27H38N2O4/c1-16(2)32-20-10-8-19(9-11-20)24-23-25(30)21-14-17(3)18(4)15-22(21)33-26(23)27(31)29(24)13-7-12-28(5)6/h8-11,16-18,21-22,24H,7,12-15H2,1-6H3. The van der Waals surface area contributed by atoms with Crippen molar-refractivity contribution in [2.45, 2.75) is 65.2 Å². The SMILES string of the molecule is CC(C)Oc1ccc(C2C3=C(OC4CC(C)C(C)CC4C3=O)C(=O)N2CCCN(C)C)cc1. The molecule has 3 aliphatic rings. The molecule has 0 bridgehead atoms. The van der Waals surface area contributed by atoms with Crippen molar-refractivity contribution in [1.29, 1.82) is 0 Å². The Morgan fingerprint density at radius 3 is 2.39 bits per heavy atom. The molecule has 1 aromatic rings. The number of Topliss-reactive ketones (excluding diaryl/α,β-unsaturated/α-hetero) is 1. The summed E-state index contributed by atoms with van der Waals surface area (Å²) < 4.78 is 12.1. The van der Waals surface area contributed by atoms with Crippen LogP contribution in [-0.2, 0) is 14.3 Å². The van der Waals surface area contributed by atoms with Gasteiger partial charge in [0.1, 0.15) is 11.9 Å². The number of rotatable bonds is 7. The minimum Gasteiger partial charge on any atom is -0.491 e. The van der Waals surface area contributed by atoms with Gasteiger partial charge < -0.3 is 19.3 Å². The van der Waals surface area contributed by atoms with Crippen LogP contribution in [0.1, 0.15) is 58.6 Å². The van der Waals surface area contributed by atoms with E-state index >= 15 is 0 Å². The quantitative estimate of drug-likeness (QED) is 0.618. The van der Waals surface area contributed by atoms with Gasteiger partial charge in [0.25, 0.3) is 5.91 Å². The van der Waals surface area contributed by atoms with Crippen LogP contribution in [-0.4, -0.2) is 60.9 Å². The second kappa shape index (κ2) is 9.49. The van der Waals surface area contributed by atoms with Gasteiger partial charge in [-0.05, 0) is 83.3 Å². The number of hydrogen-bond acceptors (Lipinski definition) is 5. The van der Waals surface area contributed by atoms with Gasteiger partial charge in [0.15, 0.2) is 11.5 Å². The summed E-state index contributed by atoms with van der Waals surface area (Å²) >= 11 is 0. The van der Waals surface area contributed by atoms with E-state index in [2.05, 4.69) is 18.7 Å². The van der Waals surface area contributed by atoms with Gasteiger partial charge in [-0.2, -0.15) is 0 Å². The molecule has 1 fully saturated rings. The number of hydrogen-bond donors (Lipinski definition) is 0. The second-order valence-corrected chi connectivity index (χ2v) is 10.6. The van der Waals surface area contributed by atoms with Gasteiger partial charge in [0.05, 0.1) is 23.6 Å². The topological polar surface area (TPSA) is 59.1 Å². The molecule has 4 rings (SSSR count). The Morgan fingerprint density at radius 2 is 1.76 bits per heavy atom. The van der Waals surface area contributed by atoms with Crippen LogP contribution in [0.2, 0.25) is 0 Å². The first kappa shape index (κ1) is 23.8. The van der Waals surface area contributed by atoms with E-state index in [0.29, 0.717) is 29.7 Å². The maximum Gasteiger partial charge on any atom is 0.290 e. The van der Waals surface area contributed by atoms with Crippen molar-refractivity contribution >= 4 is 11.7 Å². The van der Waals surface area contributed by atoms with Crippen LogP contribution in [0, 0.1) is 17.8 Å². The molecular formula is C27H38N2O4. The van der Waals surface area contributed by atoms with Crippen LogP contribution in [0.3, 0.4) is 0 Å². The molecule has 0 aromatic heterocycles. The zero-order valence-electron chi connectivity index (χ0n) is 20.8. The molecule has 1 aliphatic carbocycles. The van der Waals surface area contributed by atoms with Gasteiger partial charge in [-0.15, -0.1) is 0 Å². The Morgan fingerprint density at radius 1 is 1.09 bits per heavy atom. The average molecular weight is 455 g/mol. The zero-order chi connectivity index (χ0) is 23.9. The molecule has 5 unspecified atom stereocenters. The number of amides is 1. The number of nitrogens with zero attached hydrogens (tertiary/aromatic N) is 2. The normalized spacial score (nSPS) is 29.5. The summed E-state index contributed by atoms with van der Waals surface area (Å²) in [5.74, 6) is 1.84. The van der Waals surface area contributed by atoms with Gasteiger partial charge >= 0.3 is 0 Å². The van der Waals surface area contributed by atoms with E-state index in [-0.39, 0.29) is 29.8 Å². The van der Waals surface area contributed by atoms with Gasteiger partial charge in [0.2, 0.25) is 0 Å². The first-order chi connectivity index (χ1) is 15.7. The molecule has 1 aromatic carbocycles. The molecule has 2 aliphatic heterocycles. The van der Waals surface area contributed by atoms with Crippen molar-refractivity contribution in [3.63, 3.8) is 0 Å². The maximum absolute atomic E-state index is 13.8. The van der Waals surface area contributed by atoms with Crippen molar-refractivity contribution in [1.82, 2.24) is 9.80 Å². The fraction of sp³-hybridized carbons (Fsp3) is 0.630. The summed E-state index contributed by atoms with van der Waals surface area (Å²) in [6.07, 6.45) is 2.38. The largest absolute Gasteiger partial charge is 0.491 e. The highest BCUT2D eigenvalue weighted by molar-refractivity contribution is 6.11. The maximum atomic E-state index is 13.8. The molecule has 180 valence electrons. The average Bonchev–Trinajstić information content (AvgIpc) is 3.02. The number of ketones is 1. The van der Waals surface area contributed by atoms with Crippen LogP contribution in [0.25, 0.3) is 0 Å². The summed E-state index contributed by atoms with van der Waals surface area (Å²) in [5, 5.41) is 0. The van der Waals surface area contributed by atoms with Gasteiger partial charge in [0, 0.05) is 6.54 Å². The Bertz CT molecular complexity index is 921. The number of fused-ring (bicyclic) bond motifs is 1. The lowest BCUT2D eigenvalue weighted by Gasteiger charge is -2.40. The third-order valence-electron chi connectivity index (χ3n) is 7.38. The Hall–Kier alpha value is -2.34. The molecule has 5 atom stereocenters. The van der Waals surface area contributed by atoms with E-state index in [0.717, 1.165) is 37.1 Å². The Labute approximate surface area is 197 Å². The Kier molecular flexibility index (Phi) is 6.85. The first-order valence-corrected chi connectivity index (χ1v) is 12.3. The molecule has 2 heterocycles. The lowest BCUT2D eigenvalue weighted by molar-refractivity contribution is -0.137. The van der Waals surface area contributed by atoms with Crippen LogP contribution in [0.4, 0.5) is 0 Å². The first-order valence-electron chi connectivity index (χ1n) is 12.3. The zero-order valence-corrected chi connectivity index (χ0v) is 20.8. The Balaban J connectivity index is 1.68. The molecule has 1 amide bonds. The molecule has 33 heavy (non-hydrogen) atoms. The van der Waals surface area contributed by atoms with Crippen molar-refractivity contribution in [2.24, 2.45) is 17.8 Å². The molecule has 0 saturated heterocycles. The highest BCUT2D eigenvalue weighted by Crippen LogP contribution is 2.48. The third-order valence-corrected chi connectivity index (χ3v) is 7.38. The van der Waals surface area contributed by atoms with Crippen LogP contribution in [0.15, 0.2) is 35.6 Å². The summed E-state index contributed by atoms with van der Waals surface area (Å²) in [5.41, 5.74) is 1.49. The predicted molar refractivity (Wildman–Crippen MR) is 128 cm³/mol. The number of benzene rings is 1. The lowest BCUT2D eigenvalue weighted by atomic mass is 9.70. The summed E-state index contributed by atoms with van der Waals surface area (Å²) in [4.78, 5) is 31.3. The molecule has 0 radical (unpaired) electrons. The molecule has 1 saturated carbocycles. The fourth-order valence-electron chi connectivity index (χ4n) is 5.44. The van der Waals surface area contributed by atoms with Crippen molar-refractivity contribution in [3.8, 4) is 5.75 Å². The lowest BCUT2D eigenvalue weighted by Crippen LogP contribution is -2.43. The van der Waals surface area contributed by atoms with Crippen molar-refractivity contribution < 1.29 is 19.1 Å². The minimum absolute atomic E-state index is 0.0849. The van der Waals surface area contributed by atoms with Gasteiger partial charge in [-0.25, -0.2) is 0 Å². The van der Waals surface area contributed by atoms with Crippen molar-refractivity contribution in [3.05, 3.63) is 41.2 Å². The van der Waals surface area contributed by atoms with Crippen LogP contribution < -0.4 is 4.74 Å². The number of carbonyl (C=O) groups is 2. The van der Waals surface area contributed by atoms with E-state index in [1.54, 1.807) is 0 Å². The summed E-state index contributed by atoms with van der Waals surface area (Å²) in [6, 6.07) is 7.42. The second-order valence-electron chi connectivity index (χ2n) is 10.6. The fourth-order valence-corrected chi connectivity index (χ4v) is 5.44. The summed E-state index contributed by atoms with van der Waals surface area (Å²) in [7, 11) is 4.05. The predicted octanol–water partition coefficient (Wildman–Crippen LogP) is 4.21. The third kappa shape index (κ3) is 4.68. The van der Waals surface area contributed by atoms with E-state index in [1.807, 2.05) is 57.1 Å². The van der Waals surface area contributed by atoms with Crippen LogP contribution in [0.5, 0.6) is 5.75 Å². The monoisotopic (exact) mass is 454 g/mol. The van der Waals surface area contributed by atoms with Gasteiger partial charge in [-0.1, -0.05) is 26.0 Å². The van der Waals surface area contributed by atoms with E-state index in [4.69, 9.17) is 9.47 Å². The van der Waals surface area contributed by atoms with E-state index in [9.17, 15) is 9.59 Å². The number of carbonyl (C=O) groups excluding carboxylic acids is 2. The highest BCUT2D eigenvalue weighted by Gasteiger charge is 2.53. The highest BCUT2D eigenvalue weighted by atomic mass is 16.5. The van der Waals surface area contributed by atoms with Crippen molar-refractivity contribution in [2.75, 3.05) is 27.2 Å². The summed E-state index contributed by atoms with van der Waals surface area (Å²) in [6.45, 7) is 9.87. The minimum atomic E-state index is -0.397. The van der Waals surface area contributed by atoms with E-state index < -0.39 is 6.04 Å².